The van der Waals surface area contributed by atoms with Gasteiger partial charge >= 0.3 is 0 Å². The topological polar surface area (TPSA) is 68.0 Å². The van der Waals surface area contributed by atoms with Gasteiger partial charge in [-0.3, -0.25) is 4.79 Å². The molecule has 4 nitrogen and oxygen atoms in total. The summed E-state index contributed by atoms with van der Waals surface area (Å²) in [6, 6.07) is 9.61. The molecule has 2 atom stereocenters. The zero-order chi connectivity index (χ0) is 15.1. The first kappa shape index (κ1) is 15.7. The highest BCUT2D eigenvalue weighted by atomic mass is 32.1. The van der Waals surface area contributed by atoms with Gasteiger partial charge in [-0.05, 0) is 18.4 Å². The lowest BCUT2D eigenvalue weighted by Crippen LogP contribution is -2.42. The number of thiazole rings is 1. The second-order valence-corrected chi connectivity index (χ2v) is 6.07. The van der Waals surface area contributed by atoms with E-state index in [1.807, 2.05) is 23.6 Å². The Hall–Kier alpha value is -1.72. The molecule has 0 radical (unpaired) electrons. The molecule has 0 fully saturated rings. The van der Waals surface area contributed by atoms with E-state index in [9.17, 15) is 4.79 Å². The van der Waals surface area contributed by atoms with Crippen LogP contribution in [-0.4, -0.2) is 23.5 Å². The molecule has 5 heteroatoms. The Morgan fingerprint density at radius 2 is 2.14 bits per heavy atom. The fourth-order valence-electron chi connectivity index (χ4n) is 2.05. The van der Waals surface area contributed by atoms with Crippen molar-refractivity contribution < 1.29 is 4.79 Å². The van der Waals surface area contributed by atoms with Gasteiger partial charge in [-0.2, -0.15) is 0 Å². The molecule has 21 heavy (non-hydrogen) atoms. The monoisotopic (exact) mass is 303 g/mol. The summed E-state index contributed by atoms with van der Waals surface area (Å²) in [7, 11) is 0. The van der Waals surface area contributed by atoms with Crippen LogP contribution in [0.2, 0.25) is 0 Å². The number of aromatic nitrogens is 1. The first-order chi connectivity index (χ1) is 10.2. The van der Waals surface area contributed by atoms with Crippen molar-refractivity contribution in [3.05, 3.63) is 52.5 Å². The average Bonchev–Trinajstić information content (AvgIpc) is 3.05. The highest BCUT2D eigenvalue weighted by molar-refractivity contribution is 7.09. The minimum absolute atomic E-state index is 0.0886. The van der Waals surface area contributed by atoms with E-state index >= 15 is 0 Å². The van der Waals surface area contributed by atoms with Crippen LogP contribution >= 0.6 is 11.3 Å². The summed E-state index contributed by atoms with van der Waals surface area (Å²) in [6.45, 7) is 2.62. The van der Waals surface area contributed by atoms with Crippen LogP contribution in [0.1, 0.15) is 29.8 Å². The molecular formula is C16H21N3OS. The van der Waals surface area contributed by atoms with Gasteiger partial charge in [-0.25, -0.2) is 4.98 Å². The van der Waals surface area contributed by atoms with E-state index in [2.05, 4.69) is 29.4 Å². The Kier molecular flexibility index (Phi) is 5.90. The van der Waals surface area contributed by atoms with E-state index in [0.717, 1.165) is 11.4 Å². The standard InChI is InChI=1S/C16H21N3OS/c1-12(16-18-9-10-21-16)11-19-15(20)14(17)8-7-13-5-3-2-4-6-13/h2-6,9-10,12,14H,7-8,11,17H2,1H3,(H,19,20). The Morgan fingerprint density at radius 1 is 1.38 bits per heavy atom. The van der Waals surface area contributed by atoms with Crippen LogP contribution in [0, 0.1) is 0 Å². The van der Waals surface area contributed by atoms with Crippen LogP contribution in [0.15, 0.2) is 41.9 Å². The fourth-order valence-corrected chi connectivity index (χ4v) is 2.75. The molecule has 0 aliphatic heterocycles. The van der Waals surface area contributed by atoms with E-state index < -0.39 is 6.04 Å². The minimum atomic E-state index is -0.464. The van der Waals surface area contributed by atoms with E-state index in [1.54, 1.807) is 17.5 Å². The normalized spacial score (nSPS) is 13.6. The van der Waals surface area contributed by atoms with Gasteiger partial charge in [0.1, 0.15) is 0 Å². The number of benzene rings is 1. The maximum Gasteiger partial charge on any atom is 0.236 e. The van der Waals surface area contributed by atoms with Crippen LogP contribution in [0.4, 0.5) is 0 Å². The Balaban J connectivity index is 1.72. The van der Waals surface area contributed by atoms with Crippen LogP contribution < -0.4 is 11.1 Å². The summed E-state index contributed by atoms with van der Waals surface area (Å²) in [6.07, 6.45) is 3.25. The molecule has 1 aromatic heterocycles. The summed E-state index contributed by atoms with van der Waals surface area (Å²) >= 11 is 1.60. The molecule has 0 saturated carbocycles. The van der Waals surface area contributed by atoms with Gasteiger partial charge < -0.3 is 11.1 Å². The largest absolute Gasteiger partial charge is 0.354 e. The number of amides is 1. The second kappa shape index (κ2) is 7.90. The van der Waals surface area contributed by atoms with Crippen LogP contribution in [0.5, 0.6) is 0 Å². The third kappa shape index (κ3) is 4.95. The Morgan fingerprint density at radius 3 is 2.81 bits per heavy atom. The smallest absolute Gasteiger partial charge is 0.236 e. The lowest BCUT2D eigenvalue weighted by molar-refractivity contribution is -0.122. The SMILES string of the molecule is CC(CNC(=O)C(N)CCc1ccccc1)c1nccs1. The maximum atomic E-state index is 12.0. The number of carbonyl (C=O) groups is 1. The second-order valence-electron chi connectivity index (χ2n) is 5.15. The van der Waals surface area contributed by atoms with E-state index in [4.69, 9.17) is 5.73 Å². The summed E-state index contributed by atoms with van der Waals surface area (Å²) in [5, 5.41) is 5.89. The highest BCUT2D eigenvalue weighted by Gasteiger charge is 2.15. The van der Waals surface area contributed by atoms with E-state index in [0.29, 0.717) is 13.0 Å². The molecular weight excluding hydrogens is 282 g/mol. The molecule has 2 rings (SSSR count). The van der Waals surface area contributed by atoms with Crippen molar-refractivity contribution in [3.8, 4) is 0 Å². The quantitative estimate of drug-likeness (QED) is 0.825. The maximum absolute atomic E-state index is 12.0. The van der Waals surface area contributed by atoms with Gasteiger partial charge in [0.15, 0.2) is 0 Å². The van der Waals surface area contributed by atoms with Gasteiger partial charge in [0.2, 0.25) is 5.91 Å². The van der Waals surface area contributed by atoms with Crippen molar-refractivity contribution in [3.63, 3.8) is 0 Å². The number of hydrogen-bond donors (Lipinski definition) is 2. The van der Waals surface area contributed by atoms with E-state index in [1.165, 1.54) is 5.56 Å². The number of nitrogens with zero attached hydrogens (tertiary/aromatic N) is 1. The van der Waals surface area contributed by atoms with Crippen LogP contribution in [-0.2, 0) is 11.2 Å². The number of carbonyl (C=O) groups excluding carboxylic acids is 1. The summed E-state index contributed by atoms with van der Waals surface area (Å²) in [5.74, 6) is 0.129. The lowest BCUT2D eigenvalue weighted by Gasteiger charge is -2.14. The summed E-state index contributed by atoms with van der Waals surface area (Å²) < 4.78 is 0. The highest BCUT2D eigenvalue weighted by Crippen LogP contribution is 2.16. The van der Waals surface area contributed by atoms with Gasteiger partial charge in [-0.1, -0.05) is 37.3 Å². The van der Waals surface area contributed by atoms with Crippen molar-refractivity contribution in [2.45, 2.75) is 31.7 Å². The Labute approximate surface area is 129 Å². The third-order valence-electron chi connectivity index (χ3n) is 3.38. The predicted octanol–water partition coefficient (Wildman–Crippen LogP) is 2.32. The molecule has 0 bridgehead atoms. The van der Waals surface area contributed by atoms with E-state index in [-0.39, 0.29) is 11.8 Å². The molecule has 1 heterocycles. The number of aryl methyl sites for hydroxylation is 1. The van der Waals surface area contributed by atoms with Gasteiger partial charge in [0.05, 0.1) is 11.0 Å². The fraction of sp³-hybridized carbons (Fsp3) is 0.375. The predicted molar refractivity (Wildman–Crippen MR) is 86.3 cm³/mol. The zero-order valence-electron chi connectivity index (χ0n) is 12.2. The minimum Gasteiger partial charge on any atom is -0.354 e. The number of hydrogen-bond acceptors (Lipinski definition) is 4. The zero-order valence-corrected chi connectivity index (χ0v) is 13.0. The number of nitrogens with two attached hydrogens (primary N) is 1. The molecule has 2 aromatic rings. The summed E-state index contributed by atoms with van der Waals surface area (Å²) in [4.78, 5) is 16.2. The van der Waals surface area contributed by atoms with Crippen LogP contribution in [0.25, 0.3) is 0 Å². The Bertz CT molecular complexity index is 542. The summed E-state index contributed by atoms with van der Waals surface area (Å²) in [5.41, 5.74) is 7.15. The van der Waals surface area contributed by atoms with Crippen molar-refractivity contribution in [2.75, 3.05) is 6.54 Å². The lowest BCUT2D eigenvalue weighted by atomic mass is 10.1. The molecule has 0 spiro atoms. The number of nitrogens with one attached hydrogen (secondary N) is 1. The molecule has 0 aliphatic carbocycles. The van der Waals surface area contributed by atoms with Crippen molar-refractivity contribution in [1.29, 1.82) is 0 Å². The third-order valence-corrected chi connectivity index (χ3v) is 4.39. The molecule has 1 aromatic carbocycles. The molecule has 3 N–H and O–H groups in total. The number of rotatable bonds is 7. The molecule has 112 valence electrons. The van der Waals surface area contributed by atoms with Gasteiger partial charge in [0.25, 0.3) is 0 Å². The van der Waals surface area contributed by atoms with Gasteiger partial charge in [-0.15, -0.1) is 11.3 Å². The molecule has 0 saturated heterocycles. The molecule has 0 aliphatic rings. The van der Waals surface area contributed by atoms with Crippen molar-refractivity contribution in [2.24, 2.45) is 5.73 Å². The van der Waals surface area contributed by atoms with Crippen molar-refractivity contribution >= 4 is 17.2 Å². The molecule has 2 unspecified atom stereocenters. The molecule has 1 amide bonds. The van der Waals surface area contributed by atoms with Crippen molar-refractivity contribution in [1.82, 2.24) is 10.3 Å². The first-order valence-corrected chi connectivity index (χ1v) is 8.01. The average molecular weight is 303 g/mol. The van der Waals surface area contributed by atoms with Crippen LogP contribution in [0.3, 0.4) is 0 Å². The van der Waals surface area contributed by atoms with Gasteiger partial charge in [0, 0.05) is 24.0 Å². The first-order valence-electron chi connectivity index (χ1n) is 7.13.